The molecule has 0 N–H and O–H groups in total. The van der Waals surface area contributed by atoms with Crippen molar-refractivity contribution in [2.24, 2.45) is 0 Å². The lowest BCUT2D eigenvalue weighted by molar-refractivity contribution is 0.793. The van der Waals surface area contributed by atoms with Gasteiger partial charge >= 0.3 is 0 Å². The number of aromatic nitrogens is 1. The van der Waals surface area contributed by atoms with Crippen LogP contribution >= 0.6 is 0 Å². The van der Waals surface area contributed by atoms with E-state index in [1.807, 2.05) is 0 Å². The van der Waals surface area contributed by atoms with Crippen LogP contribution in [0.1, 0.15) is 33.4 Å². The molecule has 0 fully saturated rings. The quantitative estimate of drug-likeness (QED) is 0.138. The van der Waals surface area contributed by atoms with E-state index in [1.165, 1.54) is 77.5 Å². The molecule has 348 valence electrons. The molecule has 3 aliphatic rings. The molecule has 0 saturated carbocycles. The van der Waals surface area contributed by atoms with Crippen LogP contribution in [-0.2, 0) is 5.41 Å². The first-order valence-electron chi connectivity index (χ1n) is 25.8. The SMILES string of the molecule is C1=C=CC(c2ccc3c(c2)c2cc(-c4ccccc4-c4ccccc4)ccc2n3-c2ccc(N(c3ccccc3)c3ccc4c(c3)C3(c5ccccc5-c5ccccc53)c3ccccc3-4)cc2)=C(c2ccccc2)C=1. The van der Waals surface area contributed by atoms with E-state index in [4.69, 9.17) is 0 Å². The molecule has 12 aromatic rings. The van der Waals surface area contributed by atoms with E-state index in [-0.39, 0.29) is 0 Å². The second-order valence-corrected chi connectivity index (χ2v) is 19.8. The summed E-state index contributed by atoms with van der Waals surface area (Å²) in [5.41, 5.74) is 32.6. The van der Waals surface area contributed by atoms with Crippen LogP contribution in [0.25, 0.3) is 83.1 Å². The average Bonchev–Trinajstić information content (AvgIpc) is 4.30. The number of allylic oxidation sites excluding steroid dienone is 4. The summed E-state index contributed by atoms with van der Waals surface area (Å²) in [6, 6.07) is 98.3. The molecule has 0 radical (unpaired) electrons. The van der Waals surface area contributed by atoms with E-state index in [0.717, 1.165) is 56.1 Å². The fourth-order valence-corrected chi connectivity index (χ4v) is 12.7. The third-order valence-corrected chi connectivity index (χ3v) is 15.9. The number of benzene rings is 11. The Bertz CT molecular complexity index is 4350. The van der Waals surface area contributed by atoms with Gasteiger partial charge in [0.05, 0.1) is 16.4 Å². The highest BCUT2D eigenvalue weighted by atomic mass is 15.1. The van der Waals surface area contributed by atoms with Gasteiger partial charge in [-0.25, -0.2) is 0 Å². The van der Waals surface area contributed by atoms with E-state index < -0.39 is 5.41 Å². The number of hydrogen-bond donors (Lipinski definition) is 0. The largest absolute Gasteiger partial charge is 0.310 e. The molecule has 15 rings (SSSR count). The Hall–Kier alpha value is -9.94. The first kappa shape index (κ1) is 42.7. The monoisotopic (exact) mass is 950 g/mol. The van der Waals surface area contributed by atoms with Crippen LogP contribution in [0.4, 0.5) is 17.1 Å². The molecule has 0 unspecified atom stereocenters. The first-order chi connectivity index (χ1) is 37.2. The number of anilines is 3. The van der Waals surface area contributed by atoms with Gasteiger partial charge in [-0.15, -0.1) is 0 Å². The molecule has 75 heavy (non-hydrogen) atoms. The average molecular weight is 951 g/mol. The number of para-hydroxylation sites is 1. The summed E-state index contributed by atoms with van der Waals surface area (Å²) in [4.78, 5) is 2.42. The summed E-state index contributed by atoms with van der Waals surface area (Å²) >= 11 is 0. The van der Waals surface area contributed by atoms with Gasteiger partial charge < -0.3 is 9.47 Å². The molecule has 2 heteroatoms. The van der Waals surface area contributed by atoms with Gasteiger partial charge in [-0.05, 0) is 174 Å². The van der Waals surface area contributed by atoms with Gasteiger partial charge in [0.2, 0.25) is 0 Å². The first-order valence-corrected chi connectivity index (χ1v) is 25.8. The Morgan fingerprint density at radius 3 is 1.31 bits per heavy atom. The number of rotatable bonds is 8. The third kappa shape index (κ3) is 6.55. The molecule has 1 heterocycles. The summed E-state index contributed by atoms with van der Waals surface area (Å²) in [5, 5.41) is 2.38. The molecule has 1 aromatic heterocycles. The van der Waals surface area contributed by atoms with Crippen LogP contribution in [0, 0.1) is 0 Å². The van der Waals surface area contributed by atoms with Crippen molar-refractivity contribution < 1.29 is 0 Å². The maximum atomic E-state index is 3.28. The van der Waals surface area contributed by atoms with Crippen molar-refractivity contribution in [3.05, 3.63) is 324 Å². The van der Waals surface area contributed by atoms with Crippen LogP contribution in [0.2, 0.25) is 0 Å². The van der Waals surface area contributed by atoms with Gasteiger partial charge in [0.1, 0.15) is 0 Å². The number of nitrogens with zero attached hydrogens (tertiary/aromatic N) is 2. The van der Waals surface area contributed by atoms with Crippen molar-refractivity contribution >= 4 is 50.0 Å². The molecular formula is C73H46N2. The zero-order valence-electron chi connectivity index (χ0n) is 41.0. The van der Waals surface area contributed by atoms with Crippen molar-refractivity contribution in [1.29, 1.82) is 0 Å². The predicted molar refractivity (Wildman–Crippen MR) is 312 cm³/mol. The molecule has 0 atom stereocenters. The van der Waals surface area contributed by atoms with Crippen molar-refractivity contribution in [3.8, 4) is 50.2 Å². The fraction of sp³-hybridized carbons (Fsp3) is 0.0137. The second-order valence-electron chi connectivity index (χ2n) is 19.8. The molecule has 11 aromatic carbocycles. The summed E-state index contributed by atoms with van der Waals surface area (Å²) in [5.74, 6) is 0. The van der Waals surface area contributed by atoms with Gasteiger partial charge in [0.25, 0.3) is 0 Å². The Balaban J connectivity index is 0.897. The van der Waals surface area contributed by atoms with Gasteiger partial charge in [0, 0.05) is 33.5 Å². The summed E-state index contributed by atoms with van der Waals surface area (Å²) in [6.45, 7) is 0. The van der Waals surface area contributed by atoms with E-state index >= 15 is 0 Å². The molecule has 0 amide bonds. The number of fused-ring (bicyclic) bond motifs is 13. The van der Waals surface area contributed by atoms with Crippen molar-refractivity contribution in [2.75, 3.05) is 4.90 Å². The van der Waals surface area contributed by atoms with Gasteiger partial charge in [-0.1, -0.05) is 206 Å². The third-order valence-electron chi connectivity index (χ3n) is 15.9. The highest BCUT2D eigenvalue weighted by Crippen LogP contribution is 2.63. The lowest BCUT2D eigenvalue weighted by Crippen LogP contribution is -2.26. The van der Waals surface area contributed by atoms with Crippen molar-refractivity contribution in [3.63, 3.8) is 0 Å². The summed E-state index contributed by atoms with van der Waals surface area (Å²) in [7, 11) is 0. The standard InChI is InChI=1S/C73H46N2/c1-4-20-49(21-5-1)57-26-10-12-28-59(57)51-36-44-71-65(46-51)66-47-52(60-29-13-11-27-58(60)50-22-6-2-7-23-50)37-45-72(66)75(71)55-40-38-54(39-41-55)74(53-24-8-3-9-25-53)56-42-43-64-63-32-16-19-35-69(63)73(70(64)48-56)67-33-17-14-30-61(67)62-31-15-18-34-68(62)73/h1-10,12,14-48H. The lowest BCUT2D eigenvalue weighted by Gasteiger charge is -2.32. The van der Waals surface area contributed by atoms with Gasteiger partial charge in [0.15, 0.2) is 0 Å². The highest BCUT2D eigenvalue weighted by Gasteiger charge is 2.51. The Morgan fingerprint density at radius 2 is 0.720 bits per heavy atom. The van der Waals surface area contributed by atoms with E-state index in [1.54, 1.807) is 0 Å². The van der Waals surface area contributed by atoms with E-state index in [9.17, 15) is 0 Å². The van der Waals surface area contributed by atoms with Crippen LogP contribution in [0.5, 0.6) is 0 Å². The molecular weight excluding hydrogens is 905 g/mol. The minimum atomic E-state index is -0.443. The van der Waals surface area contributed by atoms with Crippen molar-refractivity contribution in [1.82, 2.24) is 4.57 Å². The fourth-order valence-electron chi connectivity index (χ4n) is 12.7. The van der Waals surface area contributed by atoms with Gasteiger partial charge in [-0.3, -0.25) is 0 Å². The number of hydrogen-bond acceptors (Lipinski definition) is 1. The van der Waals surface area contributed by atoms with E-state index in [2.05, 4.69) is 300 Å². The summed E-state index contributed by atoms with van der Waals surface area (Å²) in [6.07, 6.45) is 4.14. The zero-order valence-corrected chi connectivity index (χ0v) is 41.0. The van der Waals surface area contributed by atoms with Gasteiger partial charge in [-0.2, -0.15) is 0 Å². The molecule has 0 saturated heterocycles. The molecule has 1 spiro atoms. The maximum Gasteiger partial charge on any atom is 0.0726 e. The normalized spacial score (nSPS) is 13.3. The smallest absolute Gasteiger partial charge is 0.0726 e. The van der Waals surface area contributed by atoms with Crippen LogP contribution < -0.4 is 4.90 Å². The Labute approximate surface area is 436 Å². The van der Waals surface area contributed by atoms with E-state index in [0.29, 0.717) is 0 Å². The summed E-state index contributed by atoms with van der Waals surface area (Å²) < 4.78 is 2.44. The second kappa shape index (κ2) is 17.1. The molecule has 0 aliphatic heterocycles. The highest BCUT2D eigenvalue weighted by molar-refractivity contribution is 6.13. The Morgan fingerprint density at radius 1 is 0.293 bits per heavy atom. The molecule has 0 bridgehead atoms. The Kier molecular flexibility index (Phi) is 9.74. The maximum absolute atomic E-state index is 3.28. The predicted octanol–water partition coefficient (Wildman–Crippen LogP) is 18.7. The van der Waals surface area contributed by atoms with Crippen LogP contribution in [0.15, 0.2) is 291 Å². The topological polar surface area (TPSA) is 8.17 Å². The van der Waals surface area contributed by atoms with Crippen LogP contribution in [-0.4, -0.2) is 4.57 Å². The zero-order chi connectivity index (χ0) is 49.5. The lowest BCUT2D eigenvalue weighted by atomic mass is 9.70. The van der Waals surface area contributed by atoms with Crippen molar-refractivity contribution in [2.45, 2.75) is 5.41 Å². The van der Waals surface area contributed by atoms with Crippen LogP contribution in [0.3, 0.4) is 0 Å². The minimum Gasteiger partial charge on any atom is -0.310 e. The molecule has 3 aliphatic carbocycles. The minimum absolute atomic E-state index is 0.443. The molecule has 2 nitrogen and oxygen atoms in total.